The molecular formula is C26H24N2O6. The van der Waals surface area contributed by atoms with Gasteiger partial charge in [0.05, 0.1) is 24.4 Å². The number of carbonyl (C=O) groups is 2. The van der Waals surface area contributed by atoms with Crippen molar-refractivity contribution in [2.24, 2.45) is 0 Å². The molecule has 0 aliphatic carbocycles. The summed E-state index contributed by atoms with van der Waals surface area (Å²) in [7, 11) is 3.86. The molecule has 3 aromatic rings. The molecule has 1 N–H and O–H groups in total. The number of Topliss-reactive ketones (excluding diaryl/α,β-unsaturated/α-hetero) is 1. The van der Waals surface area contributed by atoms with E-state index in [1.54, 1.807) is 30.3 Å². The Balaban J connectivity index is 1.62. The molecule has 1 fully saturated rings. The van der Waals surface area contributed by atoms with Gasteiger partial charge in [-0.05, 0) is 48.0 Å². The predicted molar refractivity (Wildman–Crippen MR) is 125 cm³/mol. The molecule has 174 valence electrons. The number of ether oxygens (including phenoxy) is 2. The van der Waals surface area contributed by atoms with Gasteiger partial charge in [-0.1, -0.05) is 12.1 Å². The number of likely N-dealkylation sites (tertiary alicyclic amines) is 1. The molecule has 0 spiro atoms. The van der Waals surface area contributed by atoms with Crippen LogP contribution in [0.15, 0.2) is 70.9 Å². The van der Waals surface area contributed by atoms with Crippen LogP contribution in [0.3, 0.4) is 0 Å². The van der Waals surface area contributed by atoms with Gasteiger partial charge in [-0.2, -0.15) is 0 Å². The van der Waals surface area contributed by atoms with E-state index >= 15 is 0 Å². The third kappa shape index (κ3) is 3.77. The summed E-state index contributed by atoms with van der Waals surface area (Å²) in [5.74, 6) is -0.128. The maximum atomic E-state index is 13.2. The number of hydrogen-bond donors (Lipinski definition) is 1. The number of anilines is 1. The summed E-state index contributed by atoms with van der Waals surface area (Å²) in [6.45, 7) is 0.928. The first-order valence-corrected chi connectivity index (χ1v) is 10.9. The molecule has 1 aromatic heterocycles. The number of benzene rings is 2. The number of ketones is 1. The van der Waals surface area contributed by atoms with Crippen molar-refractivity contribution in [2.75, 3.05) is 32.2 Å². The highest BCUT2D eigenvalue weighted by Gasteiger charge is 2.46. The molecule has 1 unspecified atom stereocenters. The SMILES string of the molecule is CN(C)c1ccc(C2/C(=C(\O)c3ccc4c(c3)OCCO4)C(=O)C(=O)N2Cc2ccco2)cc1. The van der Waals surface area contributed by atoms with E-state index in [0.29, 0.717) is 41.6 Å². The molecule has 2 aliphatic rings. The molecule has 2 aliphatic heterocycles. The second-order valence-electron chi connectivity index (χ2n) is 8.35. The first-order valence-electron chi connectivity index (χ1n) is 10.9. The van der Waals surface area contributed by atoms with Crippen molar-refractivity contribution in [2.45, 2.75) is 12.6 Å². The van der Waals surface area contributed by atoms with Gasteiger partial charge in [-0.3, -0.25) is 9.59 Å². The van der Waals surface area contributed by atoms with Gasteiger partial charge >= 0.3 is 0 Å². The number of aliphatic hydroxyl groups excluding tert-OH is 1. The van der Waals surface area contributed by atoms with Crippen molar-refractivity contribution in [3.8, 4) is 11.5 Å². The first kappa shape index (κ1) is 21.6. The van der Waals surface area contributed by atoms with Gasteiger partial charge in [-0.15, -0.1) is 0 Å². The molecule has 5 rings (SSSR count). The third-order valence-corrected chi connectivity index (χ3v) is 5.99. The molecule has 34 heavy (non-hydrogen) atoms. The molecule has 0 bridgehead atoms. The van der Waals surface area contributed by atoms with Crippen molar-refractivity contribution in [1.29, 1.82) is 0 Å². The number of carbonyl (C=O) groups excluding carboxylic acids is 2. The number of aliphatic hydroxyl groups is 1. The normalized spacial score (nSPS) is 18.9. The largest absolute Gasteiger partial charge is 0.507 e. The second kappa shape index (κ2) is 8.62. The second-order valence-corrected chi connectivity index (χ2v) is 8.35. The number of hydrogen-bond acceptors (Lipinski definition) is 7. The summed E-state index contributed by atoms with van der Waals surface area (Å²) >= 11 is 0. The Bertz CT molecular complexity index is 1260. The highest BCUT2D eigenvalue weighted by molar-refractivity contribution is 6.46. The van der Waals surface area contributed by atoms with Crippen LogP contribution < -0.4 is 14.4 Å². The zero-order chi connectivity index (χ0) is 23.8. The van der Waals surface area contributed by atoms with E-state index in [-0.39, 0.29) is 17.9 Å². The van der Waals surface area contributed by atoms with Crippen molar-refractivity contribution in [1.82, 2.24) is 4.90 Å². The molecule has 0 saturated carbocycles. The van der Waals surface area contributed by atoms with Gasteiger partial charge in [0, 0.05) is 25.3 Å². The fourth-order valence-electron chi connectivity index (χ4n) is 4.26. The van der Waals surface area contributed by atoms with Gasteiger partial charge < -0.3 is 28.8 Å². The lowest BCUT2D eigenvalue weighted by Crippen LogP contribution is -2.29. The van der Waals surface area contributed by atoms with Gasteiger partial charge in [0.15, 0.2) is 11.5 Å². The minimum atomic E-state index is -0.783. The molecule has 1 saturated heterocycles. The summed E-state index contributed by atoms with van der Waals surface area (Å²) < 4.78 is 16.6. The van der Waals surface area contributed by atoms with Gasteiger partial charge in [0.2, 0.25) is 0 Å². The number of furan rings is 1. The van der Waals surface area contributed by atoms with Crippen LogP contribution >= 0.6 is 0 Å². The van der Waals surface area contributed by atoms with Crippen LogP contribution in [0.5, 0.6) is 11.5 Å². The molecule has 8 heteroatoms. The van der Waals surface area contributed by atoms with E-state index in [1.165, 1.54) is 11.2 Å². The van der Waals surface area contributed by atoms with E-state index in [4.69, 9.17) is 13.9 Å². The van der Waals surface area contributed by atoms with E-state index in [9.17, 15) is 14.7 Å². The lowest BCUT2D eigenvalue weighted by molar-refractivity contribution is -0.140. The molecule has 2 aromatic carbocycles. The summed E-state index contributed by atoms with van der Waals surface area (Å²) in [5, 5.41) is 11.3. The maximum Gasteiger partial charge on any atom is 0.296 e. The van der Waals surface area contributed by atoms with Crippen LogP contribution in [0.25, 0.3) is 5.76 Å². The average Bonchev–Trinajstić information content (AvgIpc) is 3.46. The average molecular weight is 460 g/mol. The van der Waals surface area contributed by atoms with Crippen LogP contribution in [0, 0.1) is 0 Å². The molecule has 8 nitrogen and oxygen atoms in total. The minimum absolute atomic E-state index is 0.0193. The standard InChI is InChI=1S/C26H24N2O6/c1-27(2)18-8-5-16(6-9-18)23-22(25(30)26(31)28(23)15-19-4-3-11-32-19)24(29)17-7-10-20-21(14-17)34-13-12-33-20/h3-11,14,23,29H,12-13,15H2,1-2H3/b24-22+. The third-order valence-electron chi connectivity index (χ3n) is 5.99. The molecule has 1 amide bonds. The zero-order valence-electron chi connectivity index (χ0n) is 18.9. The summed E-state index contributed by atoms with van der Waals surface area (Å²) in [5.41, 5.74) is 2.06. The Kier molecular flexibility index (Phi) is 5.49. The predicted octanol–water partition coefficient (Wildman–Crippen LogP) is 3.74. The highest BCUT2D eigenvalue weighted by atomic mass is 16.6. The molecule has 3 heterocycles. The lowest BCUT2D eigenvalue weighted by atomic mass is 9.95. The number of amides is 1. The van der Waals surface area contributed by atoms with Crippen LogP contribution in [0.1, 0.15) is 22.9 Å². The number of fused-ring (bicyclic) bond motifs is 1. The van der Waals surface area contributed by atoms with Gasteiger partial charge in [-0.25, -0.2) is 0 Å². The zero-order valence-corrected chi connectivity index (χ0v) is 18.9. The van der Waals surface area contributed by atoms with E-state index in [2.05, 4.69) is 0 Å². The molecule has 1 atom stereocenters. The Morgan fingerprint density at radius 1 is 1.03 bits per heavy atom. The van der Waals surface area contributed by atoms with Crippen molar-refractivity contribution in [3.05, 3.63) is 83.3 Å². The van der Waals surface area contributed by atoms with Crippen molar-refractivity contribution >= 4 is 23.1 Å². The maximum absolute atomic E-state index is 13.2. The van der Waals surface area contributed by atoms with Crippen LogP contribution in [-0.4, -0.2) is 49.0 Å². The number of nitrogens with zero attached hydrogens (tertiary/aromatic N) is 2. The Hall–Kier alpha value is -4.20. The van der Waals surface area contributed by atoms with Crippen molar-refractivity contribution in [3.63, 3.8) is 0 Å². The van der Waals surface area contributed by atoms with Crippen LogP contribution in [0.2, 0.25) is 0 Å². The fourth-order valence-corrected chi connectivity index (χ4v) is 4.26. The summed E-state index contributed by atoms with van der Waals surface area (Å²) in [6.07, 6.45) is 1.52. The van der Waals surface area contributed by atoms with Crippen molar-refractivity contribution < 1.29 is 28.6 Å². The highest BCUT2D eigenvalue weighted by Crippen LogP contribution is 2.42. The Morgan fingerprint density at radius 3 is 2.44 bits per heavy atom. The number of rotatable bonds is 5. The quantitative estimate of drug-likeness (QED) is 0.352. The van der Waals surface area contributed by atoms with E-state index in [0.717, 1.165) is 5.69 Å². The summed E-state index contributed by atoms with van der Waals surface area (Å²) in [4.78, 5) is 29.7. The van der Waals surface area contributed by atoms with E-state index < -0.39 is 17.7 Å². The minimum Gasteiger partial charge on any atom is -0.507 e. The van der Waals surface area contributed by atoms with Gasteiger partial charge in [0.1, 0.15) is 24.7 Å². The van der Waals surface area contributed by atoms with E-state index in [1.807, 2.05) is 43.3 Å². The fraction of sp³-hybridized carbons (Fsp3) is 0.231. The monoisotopic (exact) mass is 460 g/mol. The lowest BCUT2D eigenvalue weighted by Gasteiger charge is -2.25. The Morgan fingerprint density at radius 2 is 1.76 bits per heavy atom. The van der Waals surface area contributed by atoms with Crippen LogP contribution in [0.4, 0.5) is 5.69 Å². The van der Waals surface area contributed by atoms with Gasteiger partial charge in [0.25, 0.3) is 11.7 Å². The van der Waals surface area contributed by atoms with Crippen LogP contribution in [-0.2, 0) is 16.1 Å². The Labute approximate surface area is 196 Å². The molecule has 0 radical (unpaired) electrons. The molecular weight excluding hydrogens is 436 g/mol. The summed E-state index contributed by atoms with van der Waals surface area (Å²) in [6, 6.07) is 15.2. The first-order chi connectivity index (χ1) is 16.4. The topological polar surface area (TPSA) is 92.5 Å². The smallest absolute Gasteiger partial charge is 0.296 e.